The molecule has 3 aromatic rings. The summed E-state index contributed by atoms with van der Waals surface area (Å²) >= 11 is 0. The van der Waals surface area contributed by atoms with Crippen molar-refractivity contribution in [1.29, 1.82) is 5.26 Å². The highest BCUT2D eigenvalue weighted by Crippen LogP contribution is 2.34. The minimum absolute atomic E-state index is 0.125. The van der Waals surface area contributed by atoms with E-state index in [1.54, 1.807) is 6.07 Å². The molecule has 0 spiro atoms. The average molecular weight is 407 g/mol. The summed E-state index contributed by atoms with van der Waals surface area (Å²) < 4.78 is 69.3. The highest BCUT2D eigenvalue weighted by Gasteiger charge is 2.33. The van der Waals surface area contributed by atoms with Crippen LogP contribution in [0.1, 0.15) is 35.7 Å². The molecular formula is C19H14F5N5. The second-order valence-corrected chi connectivity index (χ2v) is 6.89. The van der Waals surface area contributed by atoms with Crippen molar-refractivity contribution in [2.24, 2.45) is 0 Å². The molecule has 10 heteroatoms. The predicted octanol–water partition coefficient (Wildman–Crippen LogP) is 4.28. The zero-order chi connectivity index (χ0) is 20.8. The molecule has 5 nitrogen and oxygen atoms in total. The van der Waals surface area contributed by atoms with Crippen molar-refractivity contribution in [3.8, 4) is 6.07 Å². The highest BCUT2D eigenvalue weighted by atomic mass is 19.4. The fourth-order valence-corrected chi connectivity index (χ4v) is 3.68. The number of nitriles is 1. The summed E-state index contributed by atoms with van der Waals surface area (Å²) in [6, 6.07) is 5.79. The minimum Gasteiger partial charge on any atom is -0.366 e. The van der Waals surface area contributed by atoms with E-state index in [-0.39, 0.29) is 29.4 Å². The smallest absolute Gasteiger partial charge is 0.366 e. The number of hydrogen-bond acceptors (Lipinski definition) is 4. The van der Waals surface area contributed by atoms with Crippen LogP contribution in [0.25, 0.3) is 5.65 Å². The van der Waals surface area contributed by atoms with Crippen molar-refractivity contribution < 1.29 is 22.0 Å². The number of alkyl halides is 3. The van der Waals surface area contributed by atoms with Crippen molar-refractivity contribution in [3.05, 3.63) is 59.0 Å². The third kappa shape index (κ3) is 3.48. The van der Waals surface area contributed by atoms with Gasteiger partial charge < -0.3 is 4.90 Å². The first kappa shape index (κ1) is 19.1. The van der Waals surface area contributed by atoms with Gasteiger partial charge >= 0.3 is 6.18 Å². The van der Waals surface area contributed by atoms with Crippen LogP contribution in [-0.2, 0) is 6.18 Å². The van der Waals surface area contributed by atoms with Crippen LogP contribution in [0.5, 0.6) is 0 Å². The standard InChI is InChI=1S/C19H14F5N5/c20-14-6-11(8-25)7-15(21)17(14)28-5-1-2-12(9-28)18-27-26-16-4-3-13(10-29(16)18)19(22,23)24/h3-4,6-7,10,12H,1-2,5,9H2. The Morgan fingerprint density at radius 1 is 1.10 bits per heavy atom. The first-order valence-corrected chi connectivity index (χ1v) is 8.84. The van der Waals surface area contributed by atoms with Gasteiger partial charge in [0.2, 0.25) is 0 Å². The summed E-state index contributed by atoms with van der Waals surface area (Å²) in [7, 11) is 0. The molecule has 2 aromatic heterocycles. The summed E-state index contributed by atoms with van der Waals surface area (Å²) in [6.07, 6.45) is -2.42. The third-order valence-corrected chi connectivity index (χ3v) is 5.00. The molecule has 1 aliphatic rings. The molecule has 0 saturated carbocycles. The Balaban J connectivity index is 1.69. The molecular weight excluding hydrogens is 393 g/mol. The van der Waals surface area contributed by atoms with Crippen LogP contribution in [0.2, 0.25) is 0 Å². The largest absolute Gasteiger partial charge is 0.417 e. The van der Waals surface area contributed by atoms with Gasteiger partial charge in [0, 0.05) is 25.2 Å². The third-order valence-electron chi connectivity index (χ3n) is 5.00. The molecule has 29 heavy (non-hydrogen) atoms. The quantitative estimate of drug-likeness (QED) is 0.595. The van der Waals surface area contributed by atoms with E-state index < -0.39 is 23.4 Å². The van der Waals surface area contributed by atoms with Crippen LogP contribution in [0.3, 0.4) is 0 Å². The van der Waals surface area contributed by atoms with E-state index in [0.717, 1.165) is 24.4 Å². The van der Waals surface area contributed by atoms with Crippen LogP contribution >= 0.6 is 0 Å². The molecule has 1 aliphatic heterocycles. The lowest BCUT2D eigenvalue weighted by atomic mass is 9.96. The number of piperidine rings is 1. The van der Waals surface area contributed by atoms with Crippen molar-refractivity contribution in [2.75, 3.05) is 18.0 Å². The van der Waals surface area contributed by atoms with E-state index in [1.807, 2.05) is 0 Å². The summed E-state index contributed by atoms with van der Waals surface area (Å²) in [4.78, 5) is 1.49. The van der Waals surface area contributed by atoms with Crippen LogP contribution < -0.4 is 4.90 Å². The van der Waals surface area contributed by atoms with Gasteiger partial charge in [-0.1, -0.05) is 0 Å². The zero-order valence-electron chi connectivity index (χ0n) is 14.9. The fourth-order valence-electron chi connectivity index (χ4n) is 3.68. The first-order valence-electron chi connectivity index (χ1n) is 8.84. The van der Waals surface area contributed by atoms with E-state index in [1.165, 1.54) is 15.4 Å². The molecule has 4 rings (SSSR count). The van der Waals surface area contributed by atoms with E-state index >= 15 is 0 Å². The van der Waals surface area contributed by atoms with Crippen molar-refractivity contribution >= 4 is 11.3 Å². The number of halogens is 5. The molecule has 0 N–H and O–H groups in total. The van der Waals surface area contributed by atoms with Gasteiger partial charge in [-0.05, 0) is 37.1 Å². The molecule has 1 fully saturated rings. The van der Waals surface area contributed by atoms with Crippen LogP contribution in [-0.4, -0.2) is 27.7 Å². The van der Waals surface area contributed by atoms with Crippen LogP contribution in [0.15, 0.2) is 30.5 Å². The van der Waals surface area contributed by atoms with Gasteiger partial charge in [0.05, 0.1) is 17.2 Å². The lowest BCUT2D eigenvalue weighted by Gasteiger charge is -2.34. The zero-order valence-corrected chi connectivity index (χ0v) is 14.9. The SMILES string of the molecule is N#Cc1cc(F)c(N2CCCC(c3nnc4ccc(C(F)(F)F)cn34)C2)c(F)c1. The number of benzene rings is 1. The summed E-state index contributed by atoms with van der Waals surface area (Å²) in [5.41, 5.74) is -0.942. The Morgan fingerprint density at radius 2 is 1.83 bits per heavy atom. The van der Waals surface area contributed by atoms with E-state index in [9.17, 15) is 22.0 Å². The second-order valence-electron chi connectivity index (χ2n) is 6.89. The maximum atomic E-state index is 14.4. The molecule has 150 valence electrons. The number of fused-ring (bicyclic) bond motifs is 1. The van der Waals surface area contributed by atoms with Crippen molar-refractivity contribution in [2.45, 2.75) is 24.9 Å². The number of anilines is 1. The molecule has 0 bridgehead atoms. The van der Waals surface area contributed by atoms with Crippen molar-refractivity contribution in [3.63, 3.8) is 0 Å². The van der Waals surface area contributed by atoms with Crippen LogP contribution in [0.4, 0.5) is 27.6 Å². The lowest BCUT2D eigenvalue weighted by molar-refractivity contribution is -0.137. The molecule has 1 unspecified atom stereocenters. The molecule has 1 aromatic carbocycles. The van der Waals surface area contributed by atoms with Crippen molar-refractivity contribution in [1.82, 2.24) is 14.6 Å². The van der Waals surface area contributed by atoms with Gasteiger partial charge in [-0.25, -0.2) is 8.78 Å². The van der Waals surface area contributed by atoms with Gasteiger partial charge in [-0.3, -0.25) is 4.40 Å². The molecule has 0 aliphatic carbocycles. The topological polar surface area (TPSA) is 57.2 Å². The lowest BCUT2D eigenvalue weighted by Crippen LogP contribution is -2.36. The summed E-state index contributed by atoms with van der Waals surface area (Å²) in [5.74, 6) is -1.76. The minimum atomic E-state index is -4.51. The van der Waals surface area contributed by atoms with Gasteiger partial charge in [-0.2, -0.15) is 18.4 Å². The average Bonchev–Trinajstić information content (AvgIpc) is 3.10. The molecule has 1 saturated heterocycles. The van der Waals surface area contributed by atoms with E-state index in [4.69, 9.17) is 5.26 Å². The van der Waals surface area contributed by atoms with Gasteiger partial charge in [0.15, 0.2) is 17.3 Å². The van der Waals surface area contributed by atoms with E-state index in [2.05, 4.69) is 10.2 Å². The molecule has 0 amide bonds. The Kier molecular flexibility index (Phi) is 4.61. The number of pyridine rings is 1. The Labute approximate surface area is 162 Å². The van der Waals surface area contributed by atoms with Gasteiger partial charge in [-0.15, -0.1) is 10.2 Å². The maximum Gasteiger partial charge on any atom is 0.417 e. The molecule has 3 heterocycles. The Hall–Kier alpha value is -3.22. The number of rotatable bonds is 2. The Bertz CT molecular complexity index is 1090. The van der Waals surface area contributed by atoms with Gasteiger partial charge in [0.25, 0.3) is 0 Å². The number of nitrogens with zero attached hydrogens (tertiary/aromatic N) is 5. The molecule has 0 radical (unpaired) electrons. The van der Waals surface area contributed by atoms with E-state index in [0.29, 0.717) is 25.2 Å². The van der Waals surface area contributed by atoms with Gasteiger partial charge in [0.1, 0.15) is 11.5 Å². The second kappa shape index (κ2) is 6.99. The highest BCUT2D eigenvalue weighted by molar-refractivity contribution is 5.53. The summed E-state index contributed by atoms with van der Waals surface area (Å²) in [5, 5.41) is 16.8. The Morgan fingerprint density at radius 3 is 2.48 bits per heavy atom. The maximum absolute atomic E-state index is 14.4. The fraction of sp³-hybridized carbons (Fsp3) is 0.316. The number of hydrogen-bond donors (Lipinski definition) is 0. The van der Waals surface area contributed by atoms with Crippen LogP contribution in [0, 0.1) is 23.0 Å². The number of aromatic nitrogens is 3. The first-order chi connectivity index (χ1) is 13.8. The molecule has 1 atom stereocenters. The monoisotopic (exact) mass is 407 g/mol. The summed E-state index contributed by atoms with van der Waals surface area (Å²) in [6.45, 7) is 0.539. The normalized spacial score (nSPS) is 17.5. The predicted molar refractivity (Wildman–Crippen MR) is 93.3 cm³/mol.